The van der Waals surface area contributed by atoms with Gasteiger partial charge in [0.25, 0.3) is 0 Å². The Bertz CT molecular complexity index is 3140. The molecule has 0 bridgehead atoms. The van der Waals surface area contributed by atoms with Crippen molar-refractivity contribution >= 4 is 81.1 Å². The second-order valence-electron chi connectivity index (χ2n) is 14.1. The van der Waals surface area contributed by atoms with Crippen molar-refractivity contribution in [3.63, 3.8) is 0 Å². The minimum Gasteiger partial charge on any atom is -0.309 e. The van der Waals surface area contributed by atoms with E-state index in [1.54, 1.807) is 0 Å². The van der Waals surface area contributed by atoms with Gasteiger partial charge in [0, 0.05) is 43.3 Å². The largest absolute Gasteiger partial charge is 0.309 e. The summed E-state index contributed by atoms with van der Waals surface area (Å²) in [6, 6.07) is 75.2. The molecule has 2 nitrogen and oxygen atoms in total. The van der Waals surface area contributed by atoms with Crippen LogP contribution >= 0.6 is 11.3 Å². The van der Waals surface area contributed by atoms with Crippen molar-refractivity contribution in [3.05, 3.63) is 206 Å². The molecule has 0 spiro atoms. The molecule has 0 fully saturated rings. The number of hydrogen-bond donors (Lipinski definition) is 0. The van der Waals surface area contributed by atoms with Crippen LogP contribution in [0.15, 0.2) is 206 Å². The van der Waals surface area contributed by atoms with E-state index in [-0.39, 0.29) is 0 Å². The SMILES string of the molecule is c1ccc(-c2ccc(N(c3ccc(-c4cc(-n5c6ccccc6c6ccccc65)cc5ccccc45)cc3)c3cccc4c3sc3ccccc34)cc2)cc1. The highest BCUT2D eigenvalue weighted by molar-refractivity contribution is 7.26. The quantitative estimate of drug-likeness (QED) is 0.166. The van der Waals surface area contributed by atoms with Crippen LogP contribution in [0.25, 0.3) is 80.7 Å². The van der Waals surface area contributed by atoms with Gasteiger partial charge in [-0.1, -0.05) is 146 Å². The lowest BCUT2D eigenvalue weighted by Crippen LogP contribution is -2.10. The van der Waals surface area contributed by atoms with Crippen molar-refractivity contribution in [1.82, 2.24) is 4.57 Å². The Kier molecular flexibility index (Phi) is 7.39. The molecule has 0 radical (unpaired) electrons. The second kappa shape index (κ2) is 12.9. The molecule has 3 heteroatoms. The molecule has 2 aromatic heterocycles. The Labute approximate surface area is 323 Å². The molecule has 11 aromatic rings. The smallest absolute Gasteiger partial charge is 0.0640 e. The number of para-hydroxylation sites is 2. The van der Waals surface area contributed by atoms with Gasteiger partial charge in [-0.3, -0.25) is 0 Å². The average Bonchev–Trinajstić information content (AvgIpc) is 3.81. The predicted molar refractivity (Wildman–Crippen MR) is 237 cm³/mol. The zero-order valence-electron chi connectivity index (χ0n) is 29.9. The van der Waals surface area contributed by atoms with E-state index in [1.165, 1.54) is 80.7 Å². The molecule has 0 saturated heterocycles. The van der Waals surface area contributed by atoms with E-state index in [9.17, 15) is 0 Å². The van der Waals surface area contributed by atoms with Crippen molar-refractivity contribution in [2.24, 2.45) is 0 Å². The first-order valence-corrected chi connectivity index (χ1v) is 19.6. The summed E-state index contributed by atoms with van der Waals surface area (Å²) >= 11 is 1.87. The van der Waals surface area contributed by atoms with Gasteiger partial charge in [0.05, 0.1) is 21.4 Å². The van der Waals surface area contributed by atoms with Crippen molar-refractivity contribution in [1.29, 1.82) is 0 Å². The molecule has 0 aliphatic carbocycles. The van der Waals surface area contributed by atoms with E-state index in [4.69, 9.17) is 0 Å². The Hall–Kier alpha value is -6.94. The summed E-state index contributed by atoms with van der Waals surface area (Å²) in [5.74, 6) is 0. The van der Waals surface area contributed by atoms with E-state index in [2.05, 4.69) is 216 Å². The van der Waals surface area contributed by atoms with Crippen LogP contribution < -0.4 is 4.90 Å². The molecule has 0 aliphatic rings. The first kappa shape index (κ1) is 31.6. The first-order valence-electron chi connectivity index (χ1n) is 18.8. The Morgan fingerprint density at radius 3 is 1.64 bits per heavy atom. The third-order valence-electron chi connectivity index (χ3n) is 11.0. The number of nitrogens with zero attached hydrogens (tertiary/aromatic N) is 2. The number of fused-ring (bicyclic) bond motifs is 7. The minimum atomic E-state index is 1.11. The molecule has 0 unspecified atom stereocenters. The van der Waals surface area contributed by atoms with Crippen LogP contribution in [-0.2, 0) is 0 Å². The van der Waals surface area contributed by atoms with Gasteiger partial charge >= 0.3 is 0 Å². The van der Waals surface area contributed by atoms with Gasteiger partial charge in [0.15, 0.2) is 0 Å². The van der Waals surface area contributed by atoms with Gasteiger partial charge in [0.1, 0.15) is 0 Å². The van der Waals surface area contributed by atoms with Crippen LogP contribution in [-0.4, -0.2) is 4.57 Å². The second-order valence-corrected chi connectivity index (χ2v) is 15.2. The number of thiophene rings is 1. The number of hydrogen-bond acceptors (Lipinski definition) is 2. The predicted octanol–water partition coefficient (Wildman–Crippen LogP) is 15.1. The summed E-state index contributed by atoms with van der Waals surface area (Å²) in [5, 5.41) is 7.58. The summed E-state index contributed by atoms with van der Waals surface area (Å²) in [4.78, 5) is 2.42. The van der Waals surface area contributed by atoms with Crippen molar-refractivity contribution in [2.45, 2.75) is 0 Å². The highest BCUT2D eigenvalue weighted by Crippen LogP contribution is 2.45. The summed E-state index contributed by atoms with van der Waals surface area (Å²) in [6.07, 6.45) is 0. The molecule has 0 saturated carbocycles. The highest BCUT2D eigenvalue weighted by atomic mass is 32.1. The summed E-state index contributed by atoms with van der Waals surface area (Å²) in [7, 11) is 0. The molecule has 2 heterocycles. The van der Waals surface area contributed by atoms with E-state index < -0.39 is 0 Å². The maximum Gasteiger partial charge on any atom is 0.0640 e. The number of rotatable bonds is 6. The van der Waals surface area contributed by atoms with Crippen LogP contribution in [0, 0.1) is 0 Å². The fraction of sp³-hybridized carbons (Fsp3) is 0. The average molecular weight is 719 g/mol. The standard InChI is InChI=1S/C52H34N2S/c1-2-13-35(14-3-1)36-25-29-39(30-26-36)53(50-23-12-20-46-45-19-8-11-24-51(45)55-52(46)50)40-31-27-37(28-32-40)47-34-41(33-38-15-4-5-16-42(38)47)54-48-21-9-6-17-43(48)44-18-7-10-22-49(44)54/h1-34H. The monoisotopic (exact) mass is 718 g/mol. The lowest BCUT2D eigenvalue weighted by Gasteiger charge is -2.26. The third-order valence-corrected chi connectivity index (χ3v) is 12.2. The van der Waals surface area contributed by atoms with Crippen LogP contribution in [0.4, 0.5) is 17.1 Å². The van der Waals surface area contributed by atoms with Crippen molar-refractivity contribution in [3.8, 4) is 27.9 Å². The summed E-state index contributed by atoms with van der Waals surface area (Å²) < 4.78 is 5.00. The van der Waals surface area contributed by atoms with E-state index in [0.717, 1.165) is 17.1 Å². The fourth-order valence-electron chi connectivity index (χ4n) is 8.42. The Morgan fingerprint density at radius 1 is 0.382 bits per heavy atom. The van der Waals surface area contributed by atoms with E-state index in [0.29, 0.717) is 0 Å². The Morgan fingerprint density at radius 2 is 0.927 bits per heavy atom. The molecule has 9 aromatic carbocycles. The molecule has 0 aliphatic heterocycles. The lowest BCUT2D eigenvalue weighted by molar-refractivity contribution is 1.19. The van der Waals surface area contributed by atoms with Crippen LogP contribution in [0.3, 0.4) is 0 Å². The summed E-state index contributed by atoms with van der Waals surface area (Å²) in [6.45, 7) is 0. The van der Waals surface area contributed by atoms with Gasteiger partial charge in [-0.2, -0.15) is 0 Å². The van der Waals surface area contributed by atoms with Crippen LogP contribution in [0.1, 0.15) is 0 Å². The molecule has 11 rings (SSSR count). The molecule has 0 atom stereocenters. The number of anilines is 3. The minimum absolute atomic E-state index is 1.11. The van der Waals surface area contributed by atoms with Crippen molar-refractivity contribution in [2.75, 3.05) is 4.90 Å². The normalized spacial score (nSPS) is 11.6. The van der Waals surface area contributed by atoms with Gasteiger partial charge in [-0.25, -0.2) is 0 Å². The third kappa shape index (κ3) is 5.24. The van der Waals surface area contributed by atoms with Gasteiger partial charge in [0.2, 0.25) is 0 Å². The molecular weight excluding hydrogens is 685 g/mol. The molecule has 0 N–H and O–H groups in total. The number of aromatic nitrogens is 1. The van der Waals surface area contributed by atoms with Crippen molar-refractivity contribution < 1.29 is 0 Å². The zero-order chi connectivity index (χ0) is 36.3. The Balaban J connectivity index is 1.07. The lowest BCUT2D eigenvalue weighted by atomic mass is 9.96. The highest BCUT2D eigenvalue weighted by Gasteiger charge is 2.19. The van der Waals surface area contributed by atoms with Gasteiger partial charge in [-0.05, 0) is 93.7 Å². The molecular formula is C52H34N2S. The fourth-order valence-corrected chi connectivity index (χ4v) is 9.63. The van der Waals surface area contributed by atoms with Crippen LogP contribution in [0.2, 0.25) is 0 Å². The molecule has 0 amide bonds. The number of benzene rings is 9. The van der Waals surface area contributed by atoms with Crippen LogP contribution in [0.5, 0.6) is 0 Å². The first-order chi connectivity index (χ1) is 27.3. The van der Waals surface area contributed by atoms with Gasteiger partial charge < -0.3 is 9.47 Å². The zero-order valence-corrected chi connectivity index (χ0v) is 30.7. The summed E-state index contributed by atoms with van der Waals surface area (Å²) in [5.41, 5.74) is 11.8. The maximum atomic E-state index is 2.42. The molecule has 55 heavy (non-hydrogen) atoms. The topological polar surface area (TPSA) is 8.17 Å². The van der Waals surface area contributed by atoms with E-state index >= 15 is 0 Å². The van der Waals surface area contributed by atoms with E-state index in [1.807, 2.05) is 11.3 Å². The van der Waals surface area contributed by atoms with Gasteiger partial charge in [-0.15, -0.1) is 11.3 Å². The maximum absolute atomic E-state index is 2.42. The molecule has 258 valence electrons.